The molecule has 1 unspecified atom stereocenters. The second kappa shape index (κ2) is 15.2. The van der Waals surface area contributed by atoms with Crippen molar-refractivity contribution in [2.45, 2.75) is 53.7 Å². The average molecular weight is 675 g/mol. The fraction of sp³-hybridized carbons (Fsp3) is 0.275. The fourth-order valence-electron chi connectivity index (χ4n) is 5.77. The van der Waals surface area contributed by atoms with Crippen molar-refractivity contribution in [2.24, 2.45) is 5.41 Å². The van der Waals surface area contributed by atoms with E-state index in [0.29, 0.717) is 22.6 Å². The van der Waals surface area contributed by atoms with E-state index in [0.717, 1.165) is 16.7 Å². The van der Waals surface area contributed by atoms with Gasteiger partial charge in [-0.15, -0.1) is 0 Å². The van der Waals surface area contributed by atoms with E-state index in [4.69, 9.17) is 4.74 Å². The molecule has 1 aliphatic heterocycles. The Hall–Kier alpha value is -5.77. The zero-order valence-electron chi connectivity index (χ0n) is 29.0. The molecule has 0 spiro atoms. The van der Waals surface area contributed by atoms with E-state index in [9.17, 15) is 24.0 Å². The van der Waals surface area contributed by atoms with Crippen molar-refractivity contribution in [3.05, 3.63) is 125 Å². The number of carbonyl (C=O) groups excluding carboxylic acids is 5. The van der Waals surface area contributed by atoms with E-state index >= 15 is 0 Å². The number of ketones is 1. The number of esters is 1. The topological polar surface area (TPSA) is 125 Å². The molecule has 0 saturated heterocycles. The van der Waals surface area contributed by atoms with Crippen LogP contribution in [0.1, 0.15) is 64.6 Å². The van der Waals surface area contributed by atoms with Crippen LogP contribution in [-0.4, -0.2) is 48.7 Å². The lowest BCUT2D eigenvalue weighted by Crippen LogP contribution is -2.54. The number of urea groups is 1. The van der Waals surface area contributed by atoms with Gasteiger partial charge in [0.2, 0.25) is 5.91 Å². The molecule has 0 saturated carbocycles. The van der Waals surface area contributed by atoms with Gasteiger partial charge in [-0.05, 0) is 66.3 Å². The van der Waals surface area contributed by atoms with Gasteiger partial charge in [0.05, 0.1) is 30.0 Å². The van der Waals surface area contributed by atoms with Gasteiger partial charge in [-0.1, -0.05) is 87.5 Å². The Labute approximate surface area is 292 Å². The van der Waals surface area contributed by atoms with Crippen LogP contribution in [0.25, 0.3) is 0 Å². The standard InChI is InChI=1S/C40H42N4O6/c1-26-18-19-33-34(20-26)44(24-35(45)31-17-10-9-12-27(31)2)37(47)32(23-43(33)36(46)22-40(3,4)5)42-39(49)41-30-16-11-15-29(21-30)38(48)50-25-28-13-7-6-8-14-28/h6-21,32H,22-25H2,1-5H3,(H2,41,42,49). The van der Waals surface area contributed by atoms with Gasteiger partial charge >= 0.3 is 12.0 Å². The van der Waals surface area contributed by atoms with E-state index in [1.807, 2.05) is 83.1 Å². The number of Topliss-reactive ketones (excluding diaryl/α,β-unsaturated/α-hetero) is 1. The number of nitrogens with zero attached hydrogens (tertiary/aromatic N) is 2. The number of nitrogens with one attached hydrogen (secondary N) is 2. The highest BCUT2D eigenvalue weighted by Crippen LogP contribution is 2.36. The van der Waals surface area contributed by atoms with E-state index < -0.39 is 23.9 Å². The highest BCUT2D eigenvalue weighted by atomic mass is 16.5. The lowest BCUT2D eigenvalue weighted by molar-refractivity contribution is -0.121. The van der Waals surface area contributed by atoms with Crippen molar-refractivity contribution < 1.29 is 28.7 Å². The Kier molecular flexibility index (Phi) is 10.8. The van der Waals surface area contributed by atoms with Gasteiger partial charge in [0.15, 0.2) is 5.78 Å². The number of amides is 4. The molecular weight excluding hydrogens is 632 g/mol. The Morgan fingerprint density at radius 1 is 0.840 bits per heavy atom. The van der Waals surface area contributed by atoms with Gasteiger partial charge < -0.3 is 25.2 Å². The van der Waals surface area contributed by atoms with Crippen LogP contribution in [0.15, 0.2) is 97.1 Å². The molecule has 0 radical (unpaired) electrons. The van der Waals surface area contributed by atoms with E-state index in [1.54, 1.807) is 42.5 Å². The van der Waals surface area contributed by atoms with E-state index in [2.05, 4.69) is 10.6 Å². The molecular formula is C40H42N4O6. The molecule has 4 aromatic carbocycles. The number of ether oxygens (including phenoxy) is 1. The Balaban J connectivity index is 1.41. The van der Waals surface area contributed by atoms with Gasteiger partial charge in [-0.2, -0.15) is 0 Å². The van der Waals surface area contributed by atoms with Crippen LogP contribution < -0.4 is 20.4 Å². The monoisotopic (exact) mass is 674 g/mol. The van der Waals surface area contributed by atoms with Crippen LogP contribution in [-0.2, 0) is 20.9 Å². The van der Waals surface area contributed by atoms with Gasteiger partial charge in [0.1, 0.15) is 12.6 Å². The first-order valence-electron chi connectivity index (χ1n) is 16.5. The van der Waals surface area contributed by atoms with Crippen LogP contribution in [0.2, 0.25) is 0 Å². The first-order chi connectivity index (χ1) is 23.8. The van der Waals surface area contributed by atoms with Gasteiger partial charge in [0, 0.05) is 17.7 Å². The molecule has 50 heavy (non-hydrogen) atoms. The third kappa shape index (κ3) is 8.82. The van der Waals surface area contributed by atoms with Gasteiger partial charge in [-0.25, -0.2) is 9.59 Å². The summed E-state index contributed by atoms with van der Waals surface area (Å²) >= 11 is 0. The summed E-state index contributed by atoms with van der Waals surface area (Å²) in [6.07, 6.45) is 0.183. The molecule has 0 aliphatic carbocycles. The summed E-state index contributed by atoms with van der Waals surface area (Å²) in [4.78, 5) is 71.0. The summed E-state index contributed by atoms with van der Waals surface area (Å²) in [6, 6.07) is 26.1. The fourth-order valence-corrected chi connectivity index (χ4v) is 5.77. The minimum absolute atomic E-state index is 0.0940. The van der Waals surface area contributed by atoms with Crippen LogP contribution >= 0.6 is 0 Å². The minimum atomic E-state index is -1.21. The minimum Gasteiger partial charge on any atom is -0.457 e. The Morgan fingerprint density at radius 2 is 1.56 bits per heavy atom. The molecule has 1 heterocycles. The maximum atomic E-state index is 14.4. The Morgan fingerprint density at radius 3 is 2.28 bits per heavy atom. The van der Waals surface area contributed by atoms with E-state index in [1.165, 1.54) is 15.9 Å². The molecule has 4 amide bonds. The first kappa shape index (κ1) is 35.5. The number of aryl methyl sites for hydroxylation is 2. The highest BCUT2D eigenvalue weighted by molar-refractivity contribution is 6.13. The van der Waals surface area contributed by atoms with Crippen molar-refractivity contribution in [2.75, 3.05) is 28.2 Å². The largest absolute Gasteiger partial charge is 0.457 e. The lowest BCUT2D eigenvalue weighted by atomic mass is 9.91. The van der Waals surface area contributed by atoms with Crippen molar-refractivity contribution in [1.29, 1.82) is 0 Å². The van der Waals surface area contributed by atoms with Crippen molar-refractivity contribution in [1.82, 2.24) is 5.32 Å². The maximum Gasteiger partial charge on any atom is 0.338 e. The molecule has 0 bridgehead atoms. The summed E-state index contributed by atoms with van der Waals surface area (Å²) < 4.78 is 5.43. The molecule has 4 aromatic rings. The summed E-state index contributed by atoms with van der Waals surface area (Å²) in [5.74, 6) is -1.61. The van der Waals surface area contributed by atoms with Crippen LogP contribution in [0, 0.1) is 19.3 Å². The second-order valence-electron chi connectivity index (χ2n) is 13.7. The Bertz CT molecular complexity index is 1920. The zero-order chi connectivity index (χ0) is 36.0. The SMILES string of the molecule is Cc1ccc2c(c1)N(CC(=O)c1ccccc1C)C(=O)C(NC(=O)Nc1cccc(C(=O)OCc3ccccc3)c1)CN2C(=O)CC(C)(C)C. The number of anilines is 3. The highest BCUT2D eigenvalue weighted by Gasteiger charge is 2.38. The van der Waals surface area contributed by atoms with Crippen LogP contribution in [0.4, 0.5) is 21.9 Å². The molecule has 258 valence electrons. The zero-order valence-corrected chi connectivity index (χ0v) is 29.0. The summed E-state index contributed by atoms with van der Waals surface area (Å²) in [5, 5.41) is 5.44. The molecule has 10 heteroatoms. The summed E-state index contributed by atoms with van der Waals surface area (Å²) in [5.41, 5.74) is 3.97. The molecule has 1 atom stereocenters. The number of hydrogen-bond acceptors (Lipinski definition) is 6. The summed E-state index contributed by atoms with van der Waals surface area (Å²) in [7, 11) is 0. The normalized spacial score (nSPS) is 14.3. The smallest absolute Gasteiger partial charge is 0.338 e. The number of fused-ring (bicyclic) bond motifs is 1. The molecule has 2 N–H and O–H groups in total. The third-order valence-electron chi connectivity index (χ3n) is 8.25. The molecule has 0 fully saturated rings. The van der Waals surface area contributed by atoms with Crippen molar-refractivity contribution in [3.63, 3.8) is 0 Å². The summed E-state index contributed by atoms with van der Waals surface area (Å²) in [6.45, 7) is 9.19. The predicted octanol–water partition coefficient (Wildman–Crippen LogP) is 6.85. The molecule has 1 aliphatic rings. The number of carbonyl (C=O) groups is 5. The number of benzene rings is 4. The number of rotatable bonds is 9. The first-order valence-corrected chi connectivity index (χ1v) is 16.5. The third-order valence-corrected chi connectivity index (χ3v) is 8.25. The van der Waals surface area contributed by atoms with Gasteiger partial charge in [0.25, 0.3) is 5.91 Å². The van der Waals surface area contributed by atoms with Crippen LogP contribution in [0.5, 0.6) is 0 Å². The lowest BCUT2D eigenvalue weighted by Gasteiger charge is -2.28. The molecule has 5 rings (SSSR count). The van der Waals surface area contributed by atoms with E-state index in [-0.39, 0.29) is 48.8 Å². The predicted molar refractivity (Wildman–Crippen MR) is 193 cm³/mol. The number of hydrogen-bond donors (Lipinski definition) is 2. The van der Waals surface area contributed by atoms with Crippen molar-refractivity contribution >= 4 is 46.7 Å². The van der Waals surface area contributed by atoms with Crippen molar-refractivity contribution in [3.8, 4) is 0 Å². The quantitative estimate of drug-likeness (QED) is 0.148. The van der Waals surface area contributed by atoms with Crippen LogP contribution in [0.3, 0.4) is 0 Å². The second-order valence-corrected chi connectivity index (χ2v) is 13.7. The molecule has 0 aromatic heterocycles. The maximum absolute atomic E-state index is 14.4. The van der Waals surface area contributed by atoms with Gasteiger partial charge in [-0.3, -0.25) is 14.4 Å². The average Bonchev–Trinajstić information content (AvgIpc) is 3.17. The molecule has 10 nitrogen and oxygen atoms in total.